The third-order valence-electron chi connectivity index (χ3n) is 7.45. The van der Waals surface area contributed by atoms with Gasteiger partial charge in [-0.25, -0.2) is 9.37 Å². The number of rotatable bonds is 8. The van der Waals surface area contributed by atoms with Crippen LogP contribution >= 0.6 is 11.6 Å². The second kappa shape index (κ2) is 10.9. The van der Waals surface area contributed by atoms with Crippen LogP contribution in [0.5, 0.6) is 6.01 Å². The molecule has 0 saturated carbocycles. The summed E-state index contributed by atoms with van der Waals surface area (Å²) in [6, 6.07) is 0.456. The van der Waals surface area contributed by atoms with Crippen molar-refractivity contribution >= 4 is 28.3 Å². The van der Waals surface area contributed by atoms with Crippen LogP contribution in [0.3, 0.4) is 0 Å². The molecule has 0 aromatic carbocycles. The van der Waals surface area contributed by atoms with Gasteiger partial charge in [-0.2, -0.15) is 9.97 Å². The predicted octanol–water partition coefficient (Wildman–Crippen LogP) is 4.60. The van der Waals surface area contributed by atoms with Crippen molar-refractivity contribution < 1.29 is 9.13 Å². The molecule has 3 aliphatic heterocycles. The van der Waals surface area contributed by atoms with E-state index in [1.54, 1.807) is 0 Å². The quantitative estimate of drug-likeness (QED) is 0.426. The molecule has 0 unspecified atom stereocenters. The Hall–Kier alpha value is -1.77. The van der Waals surface area contributed by atoms with Gasteiger partial charge in [0.1, 0.15) is 17.9 Å². The van der Waals surface area contributed by atoms with Crippen molar-refractivity contribution in [3.63, 3.8) is 0 Å². The zero-order valence-electron chi connectivity index (χ0n) is 21.0. The molecule has 188 valence electrons. The predicted molar refractivity (Wildman–Crippen MR) is 136 cm³/mol. The van der Waals surface area contributed by atoms with Gasteiger partial charge < -0.3 is 15.0 Å². The largest absolute Gasteiger partial charge is 0.461 e. The van der Waals surface area contributed by atoms with Crippen LogP contribution in [-0.2, 0) is 6.42 Å². The fraction of sp³-hybridized carbons (Fsp3) is 0.720. The van der Waals surface area contributed by atoms with Crippen molar-refractivity contribution in [2.45, 2.75) is 77.8 Å². The topological polar surface area (TPSA) is 66.4 Å². The summed E-state index contributed by atoms with van der Waals surface area (Å²) in [5.41, 5.74) is 1.07. The Morgan fingerprint density at radius 2 is 1.88 bits per heavy atom. The molecule has 5 rings (SSSR count). The molecule has 0 aliphatic carbocycles. The Kier molecular flexibility index (Phi) is 8.10. The number of pyridine rings is 1. The second-order valence-electron chi connectivity index (χ2n) is 9.24. The van der Waals surface area contributed by atoms with E-state index in [0.29, 0.717) is 24.2 Å². The molecule has 3 aliphatic rings. The van der Waals surface area contributed by atoms with Crippen molar-refractivity contribution in [3.05, 3.63) is 16.7 Å². The first-order valence-corrected chi connectivity index (χ1v) is 13.3. The highest BCUT2D eigenvalue weighted by Crippen LogP contribution is 2.41. The Morgan fingerprint density at radius 3 is 2.56 bits per heavy atom. The molecule has 34 heavy (non-hydrogen) atoms. The third kappa shape index (κ3) is 4.56. The highest BCUT2D eigenvalue weighted by atomic mass is 35.5. The first-order valence-electron chi connectivity index (χ1n) is 13.0. The van der Waals surface area contributed by atoms with Crippen molar-refractivity contribution in [1.82, 2.24) is 25.2 Å². The lowest BCUT2D eigenvalue weighted by molar-refractivity contribution is 0.108. The van der Waals surface area contributed by atoms with E-state index in [-0.39, 0.29) is 28.3 Å². The standard InChI is InChI=1S/C23H32ClFN6O.C2H6/c1-3-15-13-16-17-19(18(25)20(24)27-16)28-22(29-21(17)31(15)12-9-26-4-2)32-14-23-7-5-10-30(23)11-6-8-23;1-2/h15,26H,3-14H2,1-2H3;1-2H3/t15-;/m1./s1. The summed E-state index contributed by atoms with van der Waals surface area (Å²) in [7, 11) is 0. The monoisotopic (exact) mass is 492 g/mol. The number of ether oxygens (including phenoxy) is 1. The van der Waals surface area contributed by atoms with E-state index in [9.17, 15) is 0 Å². The number of hydrogen-bond acceptors (Lipinski definition) is 7. The fourth-order valence-electron chi connectivity index (χ4n) is 5.79. The van der Waals surface area contributed by atoms with E-state index in [0.717, 1.165) is 57.7 Å². The van der Waals surface area contributed by atoms with Gasteiger partial charge in [-0.1, -0.05) is 39.3 Å². The molecule has 0 radical (unpaired) electrons. The minimum Gasteiger partial charge on any atom is -0.461 e. The highest BCUT2D eigenvalue weighted by Gasteiger charge is 2.45. The minimum atomic E-state index is -0.595. The van der Waals surface area contributed by atoms with Crippen LogP contribution in [0, 0.1) is 5.82 Å². The molecular formula is C25H38ClFN6O. The van der Waals surface area contributed by atoms with E-state index >= 15 is 4.39 Å². The molecule has 9 heteroatoms. The van der Waals surface area contributed by atoms with Crippen molar-refractivity contribution in [3.8, 4) is 6.01 Å². The first kappa shape index (κ1) is 25.3. The number of hydrogen-bond donors (Lipinski definition) is 1. The molecule has 2 fully saturated rings. The van der Waals surface area contributed by atoms with Crippen LogP contribution in [0.15, 0.2) is 0 Å². The summed E-state index contributed by atoms with van der Waals surface area (Å²) in [4.78, 5) is 18.5. The van der Waals surface area contributed by atoms with Gasteiger partial charge in [0.15, 0.2) is 11.0 Å². The molecule has 2 saturated heterocycles. The van der Waals surface area contributed by atoms with Crippen LogP contribution < -0.4 is 15.0 Å². The molecule has 1 N–H and O–H groups in total. The molecular weight excluding hydrogens is 455 g/mol. The molecule has 0 spiro atoms. The molecule has 7 nitrogen and oxygen atoms in total. The SMILES string of the molecule is CC.CCNCCN1c2nc(OCC34CCCN3CCC4)nc3c(F)c(Cl)nc(c23)C[C@H]1CC. The fourth-order valence-corrected chi connectivity index (χ4v) is 5.98. The lowest BCUT2D eigenvalue weighted by Gasteiger charge is -2.37. The summed E-state index contributed by atoms with van der Waals surface area (Å²) in [5, 5.41) is 3.92. The zero-order chi connectivity index (χ0) is 24.3. The number of halogens is 2. The maximum atomic E-state index is 15.1. The van der Waals surface area contributed by atoms with E-state index in [1.807, 2.05) is 13.8 Å². The molecule has 0 bridgehead atoms. The van der Waals surface area contributed by atoms with Gasteiger partial charge in [-0.3, -0.25) is 4.90 Å². The zero-order valence-corrected chi connectivity index (χ0v) is 21.7. The van der Waals surface area contributed by atoms with E-state index in [1.165, 1.54) is 12.8 Å². The van der Waals surface area contributed by atoms with Gasteiger partial charge in [0, 0.05) is 25.6 Å². The summed E-state index contributed by atoms with van der Waals surface area (Å²) in [6.07, 6.45) is 6.30. The summed E-state index contributed by atoms with van der Waals surface area (Å²) < 4.78 is 21.3. The maximum Gasteiger partial charge on any atom is 0.319 e. The van der Waals surface area contributed by atoms with Gasteiger partial charge in [-0.15, -0.1) is 0 Å². The third-order valence-corrected chi connectivity index (χ3v) is 7.70. The minimum absolute atomic E-state index is 0.0752. The summed E-state index contributed by atoms with van der Waals surface area (Å²) in [5.74, 6) is 0.119. The smallest absolute Gasteiger partial charge is 0.319 e. The molecule has 0 amide bonds. The Balaban J connectivity index is 0.00000133. The second-order valence-corrected chi connectivity index (χ2v) is 9.60. The normalized spacial score (nSPS) is 20.9. The van der Waals surface area contributed by atoms with Crippen molar-refractivity contribution in [2.75, 3.05) is 44.2 Å². The van der Waals surface area contributed by atoms with Crippen LogP contribution in [-0.4, -0.2) is 70.8 Å². The summed E-state index contributed by atoms with van der Waals surface area (Å²) >= 11 is 6.17. The number of anilines is 1. The summed E-state index contributed by atoms with van der Waals surface area (Å²) in [6.45, 7) is 13.5. The number of nitrogens with zero attached hydrogens (tertiary/aromatic N) is 5. The molecule has 5 heterocycles. The van der Waals surface area contributed by atoms with E-state index < -0.39 is 5.82 Å². The van der Waals surface area contributed by atoms with Crippen LogP contribution in [0.25, 0.3) is 10.9 Å². The van der Waals surface area contributed by atoms with Gasteiger partial charge in [0.2, 0.25) is 0 Å². The first-order chi connectivity index (χ1) is 16.6. The van der Waals surface area contributed by atoms with Gasteiger partial charge in [0.05, 0.1) is 16.6 Å². The van der Waals surface area contributed by atoms with Crippen molar-refractivity contribution in [1.29, 1.82) is 0 Å². The van der Waals surface area contributed by atoms with Gasteiger partial charge in [0.25, 0.3) is 0 Å². The molecule has 2 aromatic heterocycles. The number of nitrogens with one attached hydrogen (secondary N) is 1. The van der Waals surface area contributed by atoms with E-state index in [2.05, 4.69) is 38.9 Å². The Morgan fingerprint density at radius 1 is 1.15 bits per heavy atom. The Labute approximate surface area is 207 Å². The number of aromatic nitrogens is 3. The van der Waals surface area contributed by atoms with Crippen LogP contribution in [0.2, 0.25) is 5.15 Å². The van der Waals surface area contributed by atoms with Crippen LogP contribution in [0.4, 0.5) is 10.2 Å². The van der Waals surface area contributed by atoms with Crippen molar-refractivity contribution in [2.24, 2.45) is 0 Å². The number of fused-ring (bicyclic) bond motifs is 1. The highest BCUT2D eigenvalue weighted by molar-refractivity contribution is 6.30. The van der Waals surface area contributed by atoms with Crippen LogP contribution in [0.1, 0.15) is 65.5 Å². The van der Waals surface area contributed by atoms with Gasteiger partial charge in [-0.05, 0) is 51.7 Å². The maximum absolute atomic E-state index is 15.1. The molecule has 1 atom stereocenters. The average molecular weight is 493 g/mol. The lowest BCUT2D eigenvalue weighted by atomic mass is 9.95. The lowest BCUT2D eigenvalue weighted by Crippen LogP contribution is -2.44. The number of likely N-dealkylation sites (N-methyl/N-ethyl adjacent to an activating group) is 1. The Bertz CT molecular complexity index is 995. The average Bonchev–Trinajstić information content (AvgIpc) is 3.44. The molecule has 2 aromatic rings. The van der Waals surface area contributed by atoms with E-state index in [4.69, 9.17) is 21.3 Å². The van der Waals surface area contributed by atoms with Gasteiger partial charge >= 0.3 is 6.01 Å².